The molecule has 5 nitrogen and oxygen atoms in total. The molecule has 1 N–H and O–H groups in total. The van der Waals surface area contributed by atoms with Crippen molar-refractivity contribution >= 4 is 5.91 Å². The van der Waals surface area contributed by atoms with E-state index in [0.717, 1.165) is 18.7 Å². The summed E-state index contributed by atoms with van der Waals surface area (Å²) in [4.78, 5) is 16.2. The molecule has 0 radical (unpaired) electrons. The zero-order valence-electron chi connectivity index (χ0n) is 14.0. The van der Waals surface area contributed by atoms with Gasteiger partial charge < -0.3 is 14.6 Å². The molecule has 1 aliphatic rings. The van der Waals surface area contributed by atoms with Gasteiger partial charge in [0.15, 0.2) is 0 Å². The van der Waals surface area contributed by atoms with Crippen LogP contribution < -0.4 is 5.32 Å². The van der Waals surface area contributed by atoms with Gasteiger partial charge in [-0.2, -0.15) is 0 Å². The number of hydrogen-bond acceptors (Lipinski definition) is 3. The first-order chi connectivity index (χ1) is 11.8. The molecule has 24 heavy (non-hydrogen) atoms. The summed E-state index contributed by atoms with van der Waals surface area (Å²) in [6, 6.07) is 7.51. The Morgan fingerprint density at radius 1 is 1.21 bits per heavy atom. The van der Waals surface area contributed by atoms with Crippen molar-refractivity contribution in [2.24, 2.45) is 0 Å². The van der Waals surface area contributed by atoms with Gasteiger partial charge in [-0.25, -0.2) is 4.98 Å². The molecule has 0 bridgehead atoms. The van der Waals surface area contributed by atoms with E-state index in [0.29, 0.717) is 18.2 Å². The maximum Gasteiger partial charge on any atom is 0.251 e. The number of nitrogens with one attached hydrogen (secondary N) is 1. The largest absolute Gasteiger partial charge is 0.378 e. The Bertz CT molecular complexity index is 617. The fourth-order valence-corrected chi connectivity index (χ4v) is 3.05. The molecular weight excluding hydrogens is 302 g/mol. The molecule has 1 aromatic carbocycles. The normalized spacial score (nSPS) is 15.3. The molecule has 1 amide bonds. The van der Waals surface area contributed by atoms with Crippen LogP contribution in [0, 0.1) is 0 Å². The topological polar surface area (TPSA) is 56.1 Å². The standard InChI is InChI=1S/C19H25N3O2/c23-19(21-11-4-14-24-18-5-2-1-3-6-18)16-7-9-17(10-8-16)22-13-12-20-15-22/h7-10,12-13,15,18H,1-6,11,14H2,(H,21,23). The van der Waals surface area contributed by atoms with Crippen molar-refractivity contribution in [1.82, 2.24) is 14.9 Å². The van der Waals surface area contributed by atoms with Gasteiger partial charge in [0.1, 0.15) is 0 Å². The third-order valence-electron chi connectivity index (χ3n) is 4.44. The monoisotopic (exact) mass is 327 g/mol. The highest BCUT2D eigenvalue weighted by atomic mass is 16.5. The van der Waals surface area contributed by atoms with E-state index in [4.69, 9.17) is 4.74 Å². The molecule has 0 atom stereocenters. The summed E-state index contributed by atoms with van der Waals surface area (Å²) in [5, 5.41) is 2.95. The Labute approximate surface area is 143 Å². The van der Waals surface area contributed by atoms with Crippen molar-refractivity contribution in [3.63, 3.8) is 0 Å². The number of nitrogens with zero attached hydrogens (tertiary/aromatic N) is 2. The van der Waals surface area contributed by atoms with Gasteiger partial charge >= 0.3 is 0 Å². The molecule has 1 heterocycles. The van der Waals surface area contributed by atoms with Gasteiger partial charge in [-0.05, 0) is 43.5 Å². The summed E-state index contributed by atoms with van der Waals surface area (Å²) in [6.07, 6.45) is 12.9. The van der Waals surface area contributed by atoms with E-state index in [1.807, 2.05) is 35.0 Å². The van der Waals surface area contributed by atoms with Gasteiger partial charge in [-0.15, -0.1) is 0 Å². The van der Waals surface area contributed by atoms with Gasteiger partial charge in [-0.3, -0.25) is 4.79 Å². The third-order valence-corrected chi connectivity index (χ3v) is 4.44. The van der Waals surface area contributed by atoms with Crippen LogP contribution in [0.25, 0.3) is 5.69 Å². The summed E-state index contributed by atoms with van der Waals surface area (Å²) in [7, 11) is 0. The lowest BCUT2D eigenvalue weighted by molar-refractivity contribution is 0.0273. The lowest BCUT2D eigenvalue weighted by Crippen LogP contribution is -2.26. The second kappa shape index (κ2) is 8.64. The molecular formula is C19H25N3O2. The molecule has 2 aromatic rings. The van der Waals surface area contributed by atoms with Crippen molar-refractivity contribution in [3.8, 4) is 5.69 Å². The van der Waals surface area contributed by atoms with Crippen LogP contribution >= 0.6 is 0 Å². The van der Waals surface area contributed by atoms with Crippen LogP contribution in [0.15, 0.2) is 43.0 Å². The SMILES string of the molecule is O=C(NCCCOC1CCCCC1)c1ccc(-n2ccnc2)cc1. The third kappa shape index (κ3) is 4.68. The molecule has 1 aromatic heterocycles. The number of carbonyl (C=O) groups excluding carboxylic acids is 1. The van der Waals surface area contributed by atoms with Crippen LogP contribution in [0.2, 0.25) is 0 Å². The van der Waals surface area contributed by atoms with Crippen LogP contribution in [0.1, 0.15) is 48.9 Å². The number of hydrogen-bond donors (Lipinski definition) is 1. The van der Waals surface area contributed by atoms with Crippen LogP contribution in [-0.2, 0) is 4.74 Å². The van der Waals surface area contributed by atoms with E-state index < -0.39 is 0 Å². The van der Waals surface area contributed by atoms with Crippen molar-refractivity contribution < 1.29 is 9.53 Å². The maximum atomic E-state index is 12.1. The summed E-state index contributed by atoms with van der Waals surface area (Å²) >= 11 is 0. The Balaban J connectivity index is 1.37. The smallest absolute Gasteiger partial charge is 0.251 e. The summed E-state index contributed by atoms with van der Waals surface area (Å²) in [6.45, 7) is 1.37. The quantitative estimate of drug-likeness (QED) is 0.794. The Morgan fingerprint density at radius 3 is 2.71 bits per heavy atom. The Hall–Kier alpha value is -2.14. The Morgan fingerprint density at radius 2 is 2.00 bits per heavy atom. The van der Waals surface area contributed by atoms with Crippen molar-refractivity contribution in [1.29, 1.82) is 0 Å². The molecule has 0 spiro atoms. The van der Waals surface area contributed by atoms with E-state index in [9.17, 15) is 4.79 Å². The van der Waals surface area contributed by atoms with E-state index >= 15 is 0 Å². The van der Waals surface area contributed by atoms with Crippen molar-refractivity contribution in [3.05, 3.63) is 48.5 Å². The highest BCUT2D eigenvalue weighted by Crippen LogP contribution is 2.20. The fraction of sp³-hybridized carbons (Fsp3) is 0.474. The maximum absolute atomic E-state index is 12.1. The number of ether oxygens (including phenoxy) is 1. The van der Waals surface area contributed by atoms with Crippen molar-refractivity contribution in [2.75, 3.05) is 13.2 Å². The molecule has 3 rings (SSSR count). The highest BCUT2D eigenvalue weighted by Gasteiger charge is 2.13. The number of rotatable bonds is 7. The van der Waals surface area contributed by atoms with E-state index in [1.165, 1.54) is 32.1 Å². The predicted octanol–water partition coefficient (Wildman–Crippen LogP) is 3.34. The molecule has 0 aliphatic heterocycles. The first-order valence-corrected chi connectivity index (χ1v) is 8.81. The molecule has 5 heteroatoms. The van der Waals surface area contributed by atoms with Crippen LogP contribution in [0.4, 0.5) is 0 Å². The lowest BCUT2D eigenvalue weighted by Gasteiger charge is -2.21. The second-order valence-electron chi connectivity index (χ2n) is 6.26. The molecule has 0 saturated heterocycles. The fourth-order valence-electron chi connectivity index (χ4n) is 3.05. The highest BCUT2D eigenvalue weighted by molar-refractivity contribution is 5.94. The van der Waals surface area contributed by atoms with E-state index in [2.05, 4.69) is 10.3 Å². The number of aromatic nitrogens is 2. The molecule has 0 unspecified atom stereocenters. The lowest BCUT2D eigenvalue weighted by atomic mass is 9.98. The first-order valence-electron chi connectivity index (χ1n) is 8.81. The molecule has 1 saturated carbocycles. The van der Waals surface area contributed by atoms with Crippen molar-refractivity contribution in [2.45, 2.75) is 44.6 Å². The molecule has 1 fully saturated rings. The predicted molar refractivity (Wildman–Crippen MR) is 93.3 cm³/mol. The van der Waals surface area contributed by atoms with E-state index in [1.54, 1.807) is 12.5 Å². The van der Waals surface area contributed by atoms with Crippen LogP contribution in [-0.4, -0.2) is 34.7 Å². The Kier molecular flexibility index (Phi) is 6.01. The minimum absolute atomic E-state index is 0.0372. The number of carbonyl (C=O) groups is 1. The average Bonchev–Trinajstić information content (AvgIpc) is 3.17. The zero-order valence-corrected chi connectivity index (χ0v) is 14.0. The molecule has 128 valence electrons. The number of imidazole rings is 1. The van der Waals surface area contributed by atoms with Crippen LogP contribution in [0.5, 0.6) is 0 Å². The van der Waals surface area contributed by atoms with E-state index in [-0.39, 0.29) is 5.91 Å². The van der Waals surface area contributed by atoms with Gasteiger partial charge in [0, 0.05) is 36.8 Å². The van der Waals surface area contributed by atoms with Gasteiger partial charge in [0.25, 0.3) is 5.91 Å². The number of amides is 1. The first kappa shape index (κ1) is 16.7. The summed E-state index contributed by atoms with van der Waals surface area (Å²) in [5.74, 6) is -0.0372. The summed E-state index contributed by atoms with van der Waals surface area (Å²) < 4.78 is 7.77. The van der Waals surface area contributed by atoms with Gasteiger partial charge in [0.05, 0.1) is 12.4 Å². The summed E-state index contributed by atoms with van der Waals surface area (Å²) in [5.41, 5.74) is 1.66. The van der Waals surface area contributed by atoms with Gasteiger partial charge in [0.2, 0.25) is 0 Å². The van der Waals surface area contributed by atoms with Crippen LogP contribution in [0.3, 0.4) is 0 Å². The molecule has 1 aliphatic carbocycles. The average molecular weight is 327 g/mol. The number of benzene rings is 1. The second-order valence-corrected chi connectivity index (χ2v) is 6.26. The minimum Gasteiger partial charge on any atom is -0.378 e. The minimum atomic E-state index is -0.0372. The van der Waals surface area contributed by atoms with Gasteiger partial charge in [-0.1, -0.05) is 19.3 Å². The zero-order chi connectivity index (χ0) is 16.6.